The van der Waals surface area contributed by atoms with E-state index in [0.29, 0.717) is 38.1 Å². The standard InChI is InChI=1S/C33H29ClF3NO5S/c1-20-11-12-21-7-4-5-10-27(21)30(20)44(41,42)38(19-26-13-14-29(43-26)33(35,36)37)18-24-15-23(17-28(24)34)22-8-6-9-25(16-22)32(2,3)31(39)40/h4-17,24H,18-19H2,1-3H3,(H,39,40). The molecule has 6 nitrogen and oxygen atoms in total. The molecule has 1 aliphatic rings. The average molecular weight is 644 g/mol. The third-order valence-electron chi connectivity index (χ3n) is 7.83. The van der Waals surface area contributed by atoms with Crippen molar-refractivity contribution in [3.8, 4) is 0 Å². The summed E-state index contributed by atoms with van der Waals surface area (Å²) in [5, 5.41) is 11.2. The average Bonchev–Trinajstić information content (AvgIpc) is 3.59. The maximum atomic E-state index is 14.4. The lowest BCUT2D eigenvalue weighted by Crippen LogP contribution is -2.35. The Morgan fingerprint density at radius 1 is 1.02 bits per heavy atom. The Hall–Kier alpha value is -3.86. The summed E-state index contributed by atoms with van der Waals surface area (Å²) in [6.45, 7) is 4.21. The van der Waals surface area contributed by atoms with Gasteiger partial charge in [0.05, 0.1) is 16.9 Å². The summed E-state index contributed by atoms with van der Waals surface area (Å²) in [5.74, 6) is -3.02. The molecule has 1 unspecified atom stereocenters. The highest BCUT2D eigenvalue weighted by Gasteiger charge is 2.37. The van der Waals surface area contributed by atoms with Gasteiger partial charge in [0.15, 0.2) is 0 Å². The summed E-state index contributed by atoms with van der Waals surface area (Å²) in [7, 11) is -4.30. The van der Waals surface area contributed by atoms with Crippen LogP contribution in [0.3, 0.4) is 0 Å². The number of halogens is 4. The van der Waals surface area contributed by atoms with Crippen molar-refractivity contribution in [2.45, 2.75) is 43.8 Å². The summed E-state index contributed by atoms with van der Waals surface area (Å²) < 4.78 is 74.8. The van der Waals surface area contributed by atoms with Crippen LogP contribution in [-0.2, 0) is 33.0 Å². The first-order valence-electron chi connectivity index (χ1n) is 13.7. The monoisotopic (exact) mass is 643 g/mol. The number of furan rings is 1. The maximum Gasteiger partial charge on any atom is 0.449 e. The van der Waals surface area contributed by atoms with Crippen LogP contribution in [0.25, 0.3) is 16.3 Å². The van der Waals surface area contributed by atoms with Gasteiger partial charge < -0.3 is 9.52 Å². The molecule has 1 atom stereocenters. The number of carbonyl (C=O) groups is 1. The molecule has 1 aromatic heterocycles. The van der Waals surface area contributed by atoms with E-state index in [1.165, 1.54) is 0 Å². The molecule has 1 aliphatic carbocycles. The fraction of sp³-hybridized carbons (Fsp3) is 0.242. The van der Waals surface area contributed by atoms with Gasteiger partial charge in [0.2, 0.25) is 15.8 Å². The van der Waals surface area contributed by atoms with Crippen molar-refractivity contribution in [3.63, 3.8) is 0 Å². The number of nitrogens with zero attached hydrogens (tertiary/aromatic N) is 1. The summed E-state index contributed by atoms with van der Waals surface area (Å²) >= 11 is 6.66. The Labute approximate surface area is 258 Å². The first-order chi connectivity index (χ1) is 20.6. The molecular formula is C33H29ClF3NO5S. The quantitative estimate of drug-likeness (QED) is 0.199. The first-order valence-corrected chi connectivity index (χ1v) is 15.5. The largest absolute Gasteiger partial charge is 0.481 e. The Morgan fingerprint density at radius 2 is 1.75 bits per heavy atom. The van der Waals surface area contributed by atoms with Gasteiger partial charge in [0.25, 0.3) is 0 Å². The Balaban J connectivity index is 1.55. The zero-order chi connectivity index (χ0) is 32.0. The molecule has 44 heavy (non-hydrogen) atoms. The lowest BCUT2D eigenvalue weighted by molar-refractivity contribution is -0.153. The molecule has 1 N–H and O–H groups in total. The van der Waals surface area contributed by atoms with Gasteiger partial charge in [-0.1, -0.05) is 78.3 Å². The molecule has 0 aliphatic heterocycles. The fourth-order valence-electron chi connectivity index (χ4n) is 5.21. The molecule has 0 fully saturated rings. The van der Waals surface area contributed by atoms with E-state index in [1.807, 2.05) is 6.07 Å². The Kier molecular flexibility index (Phi) is 8.30. The zero-order valence-electron chi connectivity index (χ0n) is 24.0. The number of benzene rings is 3. The van der Waals surface area contributed by atoms with Crippen LogP contribution in [0.2, 0.25) is 0 Å². The fourth-order valence-corrected chi connectivity index (χ4v) is 7.31. The van der Waals surface area contributed by atoms with Crippen LogP contribution in [0.4, 0.5) is 13.2 Å². The molecule has 0 amide bonds. The summed E-state index contributed by atoms with van der Waals surface area (Å²) in [6.07, 6.45) is -1.27. The number of aliphatic carboxylic acids is 1. The van der Waals surface area contributed by atoms with E-state index in [1.54, 1.807) is 87.5 Å². The molecule has 0 saturated carbocycles. The van der Waals surface area contributed by atoms with Crippen LogP contribution in [-0.4, -0.2) is 30.3 Å². The molecule has 4 aromatic rings. The molecule has 230 valence electrons. The topological polar surface area (TPSA) is 87.8 Å². The Morgan fingerprint density at radius 3 is 2.43 bits per heavy atom. The molecular weight excluding hydrogens is 615 g/mol. The molecule has 0 spiro atoms. The van der Waals surface area contributed by atoms with Crippen molar-refractivity contribution in [2.75, 3.05) is 6.54 Å². The minimum atomic E-state index is -4.73. The van der Waals surface area contributed by atoms with Crippen LogP contribution < -0.4 is 0 Å². The number of alkyl halides is 3. The third kappa shape index (κ3) is 6.06. The van der Waals surface area contributed by atoms with E-state index in [0.717, 1.165) is 16.4 Å². The molecule has 11 heteroatoms. The zero-order valence-corrected chi connectivity index (χ0v) is 25.6. The van der Waals surface area contributed by atoms with Crippen LogP contribution >= 0.6 is 11.6 Å². The van der Waals surface area contributed by atoms with E-state index in [4.69, 9.17) is 16.0 Å². The van der Waals surface area contributed by atoms with E-state index >= 15 is 0 Å². The van der Waals surface area contributed by atoms with Crippen LogP contribution in [0.5, 0.6) is 0 Å². The van der Waals surface area contributed by atoms with Crippen molar-refractivity contribution in [1.29, 1.82) is 0 Å². The number of fused-ring (bicyclic) bond motifs is 1. The molecule has 0 radical (unpaired) electrons. The number of hydrogen-bond donors (Lipinski definition) is 1. The second kappa shape index (κ2) is 11.6. The number of allylic oxidation sites excluding steroid dienone is 2. The van der Waals surface area contributed by atoms with Crippen molar-refractivity contribution in [1.82, 2.24) is 4.31 Å². The van der Waals surface area contributed by atoms with Crippen LogP contribution in [0.15, 0.2) is 99.3 Å². The first kappa shape index (κ1) is 31.6. The number of carboxylic acids is 1. The van der Waals surface area contributed by atoms with Gasteiger partial charge in [-0.2, -0.15) is 17.5 Å². The predicted molar refractivity (Wildman–Crippen MR) is 162 cm³/mol. The minimum absolute atomic E-state index is 0.0455. The van der Waals surface area contributed by atoms with Crippen molar-refractivity contribution in [2.24, 2.45) is 5.92 Å². The van der Waals surface area contributed by atoms with Gasteiger partial charge in [-0.3, -0.25) is 4.79 Å². The number of aryl methyl sites for hydroxylation is 1. The van der Waals surface area contributed by atoms with Crippen LogP contribution in [0.1, 0.15) is 42.1 Å². The van der Waals surface area contributed by atoms with Gasteiger partial charge in [-0.25, -0.2) is 8.42 Å². The molecule has 5 rings (SSSR count). The predicted octanol–water partition coefficient (Wildman–Crippen LogP) is 8.15. The van der Waals surface area contributed by atoms with E-state index in [9.17, 15) is 31.5 Å². The smallest absolute Gasteiger partial charge is 0.449 e. The van der Waals surface area contributed by atoms with Crippen molar-refractivity contribution < 1.29 is 35.9 Å². The van der Waals surface area contributed by atoms with Crippen molar-refractivity contribution >= 4 is 43.9 Å². The third-order valence-corrected chi connectivity index (χ3v) is 10.2. The number of rotatable bonds is 9. The van der Waals surface area contributed by atoms with Gasteiger partial charge in [-0.05, 0) is 66.6 Å². The van der Waals surface area contributed by atoms with Gasteiger partial charge >= 0.3 is 12.1 Å². The number of sulfonamides is 1. The van der Waals surface area contributed by atoms with Gasteiger partial charge in [0.1, 0.15) is 5.76 Å². The summed E-state index contributed by atoms with van der Waals surface area (Å²) in [5.41, 5.74) is 1.26. The number of hydrogen-bond acceptors (Lipinski definition) is 4. The van der Waals surface area contributed by atoms with Crippen molar-refractivity contribution in [3.05, 3.63) is 118 Å². The van der Waals surface area contributed by atoms with Crippen LogP contribution in [0, 0.1) is 12.8 Å². The maximum absolute atomic E-state index is 14.4. The summed E-state index contributed by atoms with van der Waals surface area (Å²) in [4.78, 5) is 11.9. The number of carboxylic acid groups (broad SMARTS) is 1. The van der Waals surface area contributed by atoms with E-state index in [-0.39, 0.29) is 17.2 Å². The second-order valence-electron chi connectivity index (χ2n) is 11.3. The highest BCUT2D eigenvalue weighted by Crippen LogP contribution is 2.38. The van der Waals surface area contributed by atoms with Gasteiger partial charge in [-0.15, -0.1) is 0 Å². The van der Waals surface area contributed by atoms with E-state index in [2.05, 4.69) is 0 Å². The normalized spacial score (nSPS) is 16.0. The second-order valence-corrected chi connectivity index (χ2v) is 13.6. The SMILES string of the molecule is Cc1ccc2ccccc2c1S(=O)(=O)N(Cc1ccc(C(F)(F)F)o1)CC1C=C(c2cccc(C(C)(C)C(=O)O)c2)C=C1Cl. The lowest BCUT2D eigenvalue weighted by Gasteiger charge is -2.25. The summed E-state index contributed by atoms with van der Waals surface area (Å²) in [6, 6.07) is 19.4. The molecule has 3 aromatic carbocycles. The van der Waals surface area contributed by atoms with Gasteiger partial charge in [0, 0.05) is 22.9 Å². The van der Waals surface area contributed by atoms with E-state index < -0.39 is 45.8 Å². The highest BCUT2D eigenvalue weighted by atomic mass is 35.5. The highest BCUT2D eigenvalue weighted by molar-refractivity contribution is 7.89. The Bertz CT molecular complexity index is 1920. The molecule has 1 heterocycles. The minimum Gasteiger partial charge on any atom is -0.481 e. The molecule has 0 bridgehead atoms. The molecule has 0 saturated heterocycles. The lowest BCUT2D eigenvalue weighted by atomic mass is 9.83.